The zero-order valence-electron chi connectivity index (χ0n) is 16.3. The van der Waals surface area contributed by atoms with Crippen molar-refractivity contribution >= 4 is 12.0 Å². The number of hydrogen-bond donors (Lipinski definition) is 0. The summed E-state index contributed by atoms with van der Waals surface area (Å²) in [5, 5.41) is 0. The van der Waals surface area contributed by atoms with Crippen molar-refractivity contribution in [2.45, 2.75) is 25.8 Å². The Balaban J connectivity index is 1.59. The van der Waals surface area contributed by atoms with Crippen LogP contribution in [0.15, 0.2) is 48.0 Å². The van der Waals surface area contributed by atoms with Crippen LogP contribution in [0.2, 0.25) is 0 Å². The second-order valence-corrected chi connectivity index (χ2v) is 7.00. The van der Waals surface area contributed by atoms with Gasteiger partial charge in [0, 0.05) is 12.1 Å². The zero-order valence-corrected chi connectivity index (χ0v) is 16.3. The van der Waals surface area contributed by atoms with Gasteiger partial charge in [-0.1, -0.05) is 24.3 Å². The van der Waals surface area contributed by atoms with E-state index < -0.39 is 0 Å². The molecule has 0 aliphatic carbocycles. The first-order valence-corrected chi connectivity index (χ1v) is 9.75. The summed E-state index contributed by atoms with van der Waals surface area (Å²) in [6.45, 7) is 3.53. The molecule has 2 aliphatic rings. The number of nitrogens with zero attached hydrogens (tertiary/aromatic N) is 1. The average Bonchev–Trinajstić information content (AvgIpc) is 3.23. The van der Waals surface area contributed by atoms with Crippen molar-refractivity contribution in [3.8, 4) is 17.2 Å². The van der Waals surface area contributed by atoms with Gasteiger partial charge in [-0.3, -0.25) is 4.79 Å². The molecule has 2 aliphatic heterocycles. The lowest BCUT2D eigenvalue weighted by atomic mass is 10.0. The molecule has 28 heavy (non-hydrogen) atoms. The Morgan fingerprint density at radius 1 is 1.25 bits per heavy atom. The van der Waals surface area contributed by atoms with Gasteiger partial charge in [0.2, 0.25) is 0 Å². The monoisotopic (exact) mass is 379 g/mol. The molecule has 0 saturated carbocycles. The first kappa shape index (κ1) is 18.4. The second-order valence-electron chi connectivity index (χ2n) is 7.00. The largest absolute Gasteiger partial charge is 0.497 e. The molecule has 2 aromatic rings. The van der Waals surface area contributed by atoms with Gasteiger partial charge in [0.25, 0.3) is 5.91 Å². The third-order valence-corrected chi connectivity index (χ3v) is 5.28. The predicted molar refractivity (Wildman–Crippen MR) is 108 cm³/mol. The molecule has 0 aromatic heterocycles. The summed E-state index contributed by atoms with van der Waals surface area (Å²) in [4.78, 5) is 15.2. The molecule has 2 heterocycles. The molecule has 0 N–H and O–H groups in total. The van der Waals surface area contributed by atoms with E-state index in [0.717, 1.165) is 42.0 Å². The van der Waals surface area contributed by atoms with Crippen LogP contribution in [0.1, 0.15) is 36.9 Å². The van der Waals surface area contributed by atoms with Crippen molar-refractivity contribution < 1.29 is 19.0 Å². The van der Waals surface area contributed by atoms with Gasteiger partial charge in [-0.05, 0) is 49.6 Å². The highest BCUT2D eigenvalue weighted by Crippen LogP contribution is 2.38. The van der Waals surface area contributed by atoms with Crippen LogP contribution in [-0.4, -0.2) is 37.7 Å². The summed E-state index contributed by atoms with van der Waals surface area (Å²) in [5.41, 5.74) is 2.68. The quantitative estimate of drug-likeness (QED) is 0.780. The fraction of sp³-hybridized carbons (Fsp3) is 0.348. The van der Waals surface area contributed by atoms with Crippen molar-refractivity contribution in [2.24, 2.45) is 0 Å². The predicted octanol–water partition coefficient (Wildman–Crippen LogP) is 4.23. The van der Waals surface area contributed by atoms with E-state index in [-0.39, 0.29) is 18.6 Å². The first-order chi connectivity index (χ1) is 13.7. The van der Waals surface area contributed by atoms with Crippen LogP contribution in [0.3, 0.4) is 0 Å². The van der Waals surface area contributed by atoms with Crippen LogP contribution in [0, 0.1) is 0 Å². The molecule has 4 rings (SSSR count). The van der Waals surface area contributed by atoms with E-state index in [4.69, 9.17) is 14.2 Å². The second kappa shape index (κ2) is 7.97. The number of benzene rings is 2. The zero-order chi connectivity index (χ0) is 19.5. The van der Waals surface area contributed by atoms with E-state index in [0.29, 0.717) is 17.9 Å². The Morgan fingerprint density at radius 3 is 2.93 bits per heavy atom. The third kappa shape index (κ3) is 3.44. The topological polar surface area (TPSA) is 48.0 Å². The lowest BCUT2D eigenvalue weighted by Gasteiger charge is -2.28. The van der Waals surface area contributed by atoms with Crippen LogP contribution >= 0.6 is 0 Å². The number of ether oxygens (including phenoxy) is 3. The fourth-order valence-electron chi connectivity index (χ4n) is 3.96. The minimum absolute atomic E-state index is 0.0396. The molecule has 2 aromatic carbocycles. The molecule has 5 nitrogen and oxygen atoms in total. The van der Waals surface area contributed by atoms with E-state index in [2.05, 4.69) is 6.07 Å². The van der Waals surface area contributed by atoms with Crippen LogP contribution in [-0.2, 0) is 4.79 Å². The van der Waals surface area contributed by atoms with Gasteiger partial charge < -0.3 is 19.1 Å². The Hall–Kier alpha value is -2.95. The maximum Gasteiger partial charge on any atom is 0.253 e. The number of fused-ring (bicyclic) bond motifs is 1. The van der Waals surface area contributed by atoms with Crippen molar-refractivity contribution in [1.82, 2.24) is 4.90 Å². The van der Waals surface area contributed by atoms with Crippen molar-refractivity contribution in [3.63, 3.8) is 0 Å². The number of carbonyl (C=O) groups is 1. The van der Waals surface area contributed by atoms with E-state index >= 15 is 0 Å². The van der Waals surface area contributed by atoms with Gasteiger partial charge in [0.1, 0.15) is 12.4 Å². The van der Waals surface area contributed by atoms with Crippen molar-refractivity contribution in [3.05, 3.63) is 59.2 Å². The summed E-state index contributed by atoms with van der Waals surface area (Å²) in [5.74, 6) is 2.29. The Bertz CT molecular complexity index is 905. The maximum atomic E-state index is 13.3. The summed E-state index contributed by atoms with van der Waals surface area (Å²) in [6, 6.07) is 13.8. The molecule has 1 amide bonds. The fourth-order valence-corrected chi connectivity index (χ4v) is 3.96. The molecule has 0 radical (unpaired) electrons. The van der Waals surface area contributed by atoms with Crippen molar-refractivity contribution in [1.29, 1.82) is 0 Å². The molecular formula is C23H25NO4. The highest BCUT2D eigenvalue weighted by molar-refractivity contribution is 5.99. The van der Waals surface area contributed by atoms with E-state index in [1.807, 2.05) is 54.3 Å². The number of amides is 1. The van der Waals surface area contributed by atoms with Crippen LogP contribution in [0.5, 0.6) is 17.2 Å². The summed E-state index contributed by atoms with van der Waals surface area (Å²) in [6.07, 6.45) is 3.88. The van der Waals surface area contributed by atoms with Crippen LogP contribution < -0.4 is 14.2 Å². The normalized spacial score (nSPS) is 18.1. The number of hydrogen-bond acceptors (Lipinski definition) is 4. The minimum Gasteiger partial charge on any atom is -0.497 e. The van der Waals surface area contributed by atoms with Gasteiger partial charge in [0.05, 0.1) is 25.3 Å². The first-order valence-electron chi connectivity index (χ1n) is 9.75. The highest BCUT2D eigenvalue weighted by Gasteiger charge is 2.33. The highest BCUT2D eigenvalue weighted by atomic mass is 16.5. The number of rotatable bonds is 5. The molecule has 1 unspecified atom stereocenters. The SMILES string of the molecule is CCOc1cccc2c1OCC(C(=O)N1CCCC1c1cccc(OC)c1)=C2. The molecule has 0 spiro atoms. The van der Waals surface area contributed by atoms with Gasteiger partial charge >= 0.3 is 0 Å². The maximum absolute atomic E-state index is 13.3. The van der Waals surface area contributed by atoms with Crippen molar-refractivity contribution in [2.75, 3.05) is 26.9 Å². The molecule has 1 fully saturated rings. The molecule has 146 valence electrons. The lowest BCUT2D eigenvalue weighted by Crippen LogP contribution is -2.34. The summed E-state index contributed by atoms with van der Waals surface area (Å²) >= 11 is 0. The number of methoxy groups -OCH3 is 1. The standard InChI is InChI=1S/C23H25NO4/c1-3-27-21-11-5-8-17-13-18(15-28-22(17)21)23(25)24-12-6-10-20(24)16-7-4-9-19(14-16)26-2/h4-5,7-9,11,13-14,20H,3,6,10,12,15H2,1-2H3. The van der Waals surface area contributed by atoms with Crippen LogP contribution in [0.25, 0.3) is 6.08 Å². The molecule has 5 heteroatoms. The van der Waals surface area contributed by atoms with Gasteiger partial charge in [-0.15, -0.1) is 0 Å². The number of carbonyl (C=O) groups excluding carboxylic acids is 1. The molecule has 0 bridgehead atoms. The third-order valence-electron chi connectivity index (χ3n) is 5.28. The Kier molecular flexibility index (Phi) is 5.24. The molecule has 1 saturated heterocycles. The smallest absolute Gasteiger partial charge is 0.253 e. The van der Waals surface area contributed by atoms with Gasteiger partial charge in [-0.2, -0.15) is 0 Å². The van der Waals surface area contributed by atoms with Crippen LogP contribution in [0.4, 0.5) is 0 Å². The molecular weight excluding hydrogens is 354 g/mol. The minimum atomic E-state index is 0.0396. The Labute approximate surface area is 165 Å². The lowest BCUT2D eigenvalue weighted by molar-refractivity contribution is -0.128. The van der Waals surface area contributed by atoms with E-state index in [1.165, 1.54) is 0 Å². The summed E-state index contributed by atoms with van der Waals surface area (Å²) < 4.78 is 16.9. The molecule has 1 atom stereocenters. The summed E-state index contributed by atoms with van der Waals surface area (Å²) in [7, 11) is 1.66. The Morgan fingerprint density at radius 2 is 2.11 bits per heavy atom. The number of para-hydroxylation sites is 1. The van der Waals surface area contributed by atoms with E-state index in [9.17, 15) is 4.79 Å². The van der Waals surface area contributed by atoms with Gasteiger partial charge in [-0.25, -0.2) is 0 Å². The number of likely N-dealkylation sites (tertiary alicyclic amines) is 1. The average molecular weight is 379 g/mol. The van der Waals surface area contributed by atoms with Gasteiger partial charge in [0.15, 0.2) is 11.5 Å². The van der Waals surface area contributed by atoms with E-state index in [1.54, 1.807) is 7.11 Å².